The lowest BCUT2D eigenvalue weighted by atomic mass is 9.37. The number of carbonyl (C=O) groups is 1. The fraction of sp³-hybridized carbons (Fsp3) is 0.680. The second kappa shape index (κ2) is 5.69. The standard InChI is InChI=1S/C25H33NO/c1-15-7-8-21-23(4,5)22(27)9-10-25(21)13-20-17(3)16(2)19(14-26)11-18(20)12-24(15,25)6/h11,15,21H,7-10,12-13H2,1-6H3. The number of Topliss-reactive ketones (excluding diaryl/α,β-unsaturated/α-hetero) is 1. The zero-order valence-corrected chi connectivity index (χ0v) is 17.8. The second-order valence-corrected chi connectivity index (χ2v) is 10.5. The van der Waals surface area contributed by atoms with Gasteiger partial charge in [-0.1, -0.05) is 27.7 Å². The molecule has 2 fully saturated rings. The maximum Gasteiger partial charge on any atom is 0.138 e. The number of rotatable bonds is 0. The van der Waals surface area contributed by atoms with Gasteiger partial charge in [0.15, 0.2) is 0 Å². The normalized spacial score (nSPS) is 37.0. The molecule has 1 aromatic carbocycles. The first kappa shape index (κ1) is 18.7. The smallest absolute Gasteiger partial charge is 0.138 e. The van der Waals surface area contributed by atoms with E-state index in [9.17, 15) is 10.1 Å². The first-order chi connectivity index (χ1) is 12.6. The number of carbonyl (C=O) groups excluding carboxylic acids is 1. The molecule has 3 aliphatic carbocycles. The van der Waals surface area contributed by atoms with Crippen molar-refractivity contribution in [1.29, 1.82) is 5.26 Å². The van der Waals surface area contributed by atoms with Crippen molar-refractivity contribution < 1.29 is 4.79 Å². The van der Waals surface area contributed by atoms with Crippen molar-refractivity contribution in [3.8, 4) is 6.07 Å². The Kier molecular flexibility index (Phi) is 3.95. The van der Waals surface area contributed by atoms with Crippen LogP contribution in [0.3, 0.4) is 0 Å². The van der Waals surface area contributed by atoms with Crippen LogP contribution in [0.25, 0.3) is 0 Å². The molecule has 2 heteroatoms. The van der Waals surface area contributed by atoms with Crippen LogP contribution in [0.4, 0.5) is 0 Å². The molecule has 27 heavy (non-hydrogen) atoms. The molecule has 4 atom stereocenters. The van der Waals surface area contributed by atoms with Crippen molar-refractivity contribution in [2.75, 3.05) is 0 Å². The lowest BCUT2D eigenvalue weighted by Gasteiger charge is -2.67. The van der Waals surface area contributed by atoms with E-state index in [0.717, 1.165) is 36.8 Å². The van der Waals surface area contributed by atoms with Gasteiger partial charge in [-0.15, -0.1) is 0 Å². The molecule has 0 aliphatic heterocycles. The molecule has 0 N–H and O–H groups in total. The lowest BCUT2D eigenvalue weighted by Crippen LogP contribution is -2.63. The molecule has 0 aromatic heterocycles. The Labute approximate surface area is 164 Å². The molecule has 2 nitrogen and oxygen atoms in total. The molecule has 4 unspecified atom stereocenters. The summed E-state index contributed by atoms with van der Waals surface area (Å²) in [6.45, 7) is 13.6. The minimum Gasteiger partial charge on any atom is -0.299 e. The Morgan fingerprint density at radius 1 is 1.11 bits per heavy atom. The molecule has 0 amide bonds. The van der Waals surface area contributed by atoms with Gasteiger partial charge in [-0.25, -0.2) is 0 Å². The third-order valence-corrected chi connectivity index (χ3v) is 9.46. The fourth-order valence-corrected chi connectivity index (χ4v) is 7.30. The Bertz CT molecular complexity index is 873. The summed E-state index contributed by atoms with van der Waals surface area (Å²) >= 11 is 0. The van der Waals surface area contributed by atoms with Crippen LogP contribution in [-0.2, 0) is 17.6 Å². The molecule has 1 aromatic rings. The minimum atomic E-state index is -0.216. The van der Waals surface area contributed by atoms with Gasteiger partial charge >= 0.3 is 0 Å². The number of fused-ring (bicyclic) bond motifs is 1. The number of benzene rings is 1. The fourth-order valence-electron chi connectivity index (χ4n) is 7.30. The Morgan fingerprint density at radius 3 is 2.48 bits per heavy atom. The van der Waals surface area contributed by atoms with Gasteiger partial charge in [0, 0.05) is 11.8 Å². The third-order valence-electron chi connectivity index (χ3n) is 9.46. The van der Waals surface area contributed by atoms with Crippen LogP contribution in [0.1, 0.15) is 81.2 Å². The third kappa shape index (κ3) is 2.21. The predicted octanol–water partition coefficient (Wildman–Crippen LogP) is 5.70. The zero-order chi connectivity index (χ0) is 19.8. The second-order valence-electron chi connectivity index (χ2n) is 10.5. The summed E-state index contributed by atoms with van der Waals surface area (Å²) < 4.78 is 0. The number of nitrogens with zero attached hydrogens (tertiary/aromatic N) is 1. The van der Waals surface area contributed by atoms with E-state index in [4.69, 9.17) is 0 Å². The quantitative estimate of drug-likeness (QED) is 0.593. The van der Waals surface area contributed by atoms with Gasteiger partial charge in [0.25, 0.3) is 0 Å². The van der Waals surface area contributed by atoms with Crippen molar-refractivity contribution in [3.05, 3.63) is 33.9 Å². The SMILES string of the molecule is Cc1c(C#N)cc2c(c1C)CC13CCC(=O)C(C)(C)C1CCC(C)C3(C)C2. The van der Waals surface area contributed by atoms with Crippen molar-refractivity contribution in [3.63, 3.8) is 0 Å². The molecular weight excluding hydrogens is 330 g/mol. The van der Waals surface area contributed by atoms with Gasteiger partial charge in [0.2, 0.25) is 0 Å². The Morgan fingerprint density at radius 2 is 1.81 bits per heavy atom. The van der Waals surface area contributed by atoms with Crippen LogP contribution < -0.4 is 0 Å². The van der Waals surface area contributed by atoms with E-state index in [-0.39, 0.29) is 16.2 Å². The maximum absolute atomic E-state index is 12.8. The van der Waals surface area contributed by atoms with Crippen molar-refractivity contribution in [2.24, 2.45) is 28.1 Å². The highest BCUT2D eigenvalue weighted by Crippen LogP contribution is 2.69. The number of hydrogen-bond acceptors (Lipinski definition) is 2. The summed E-state index contributed by atoms with van der Waals surface area (Å²) in [5.74, 6) is 1.59. The summed E-state index contributed by atoms with van der Waals surface area (Å²) in [6.07, 6.45) is 6.31. The largest absolute Gasteiger partial charge is 0.299 e. The van der Waals surface area contributed by atoms with Gasteiger partial charge in [0.05, 0.1) is 11.6 Å². The van der Waals surface area contributed by atoms with Crippen LogP contribution >= 0.6 is 0 Å². The lowest BCUT2D eigenvalue weighted by molar-refractivity contribution is -0.175. The van der Waals surface area contributed by atoms with Gasteiger partial charge in [-0.3, -0.25) is 4.79 Å². The molecule has 2 saturated carbocycles. The van der Waals surface area contributed by atoms with Crippen LogP contribution in [0.15, 0.2) is 6.07 Å². The topological polar surface area (TPSA) is 40.9 Å². The van der Waals surface area contributed by atoms with Crippen LogP contribution in [0, 0.1) is 53.3 Å². The van der Waals surface area contributed by atoms with Gasteiger partial charge in [-0.2, -0.15) is 5.26 Å². The maximum atomic E-state index is 12.8. The zero-order valence-electron chi connectivity index (χ0n) is 17.8. The van der Waals surface area contributed by atoms with E-state index in [1.165, 1.54) is 29.5 Å². The van der Waals surface area contributed by atoms with Gasteiger partial charge < -0.3 is 0 Å². The minimum absolute atomic E-state index is 0.204. The highest BCUT2D eigenvalue weighted by Gasteiger charge is 2.65. The average molecular weight is 364 g/mol. The highest BCUT2D eigenvalue weighted by molar-refractivity contribution is 5.85. The van der Waals surface area contributed by atoms with E-state index in [2.05, 4.69) is 53.7 Å². The summed E-state index contributed by atoms with van der Waals surface area (Å²) in [4.78, 5) is 12.8. The Balaban J connectivity index is 1.95. The molecule has 1 spiro atoms. The summed E-state index contributed by atoms with van der Waals surface area (Å²) in [5.41, 5.74) is 6.36. The Hall–Kier alpha value is -1.62. The molecule has 0 heterocycles. The first-order valence-electron chi connectivity index (χ1n) is 10.6. The monoisotopic (exact) mass is 363 g/mol. The van der Waals surface area contributed by atoms with E-state index < -0.39 is 0 Å². The van der Waals surface area contributed by atoms with Crippen molar-refractivity contribution in [2.45, 2.75) is 80.1 Å². The van der Waals surface area contributed by atoms with Crippen molar-refractivity contribution in [1.82, 2.24) is 0 Å². The molecular formula is C25H33NO. The predicted molar refractivity (Wildman–Crippen MR) is 108 cm³/mol. The van der Waals surface area contributed by atoms with Crippen molar-refractivity contribution >= 4 is 5.78 Å². The highest BCUT2D eigenvalue weighted by atomic mass is 16.1. The molecule has 144 valence electrons. The number of nitriles is 1. The summed E-state index contributed by atoms with van der Waals surface area (Å²) in [6, 6.07) is 4.58. The van der Waals surface area contributed by atoms with Crippen LogP contribution in [-0.4, -0.2) is 5.78 Å². The summed E-state index contributed by atoms with van der Waals surface area (Å²) in [5, 5.41) is 9.59. The first-order valence-corrected chi connectivity index (χ1v) is 10.6. The van der Waals surface area contributed by atoms with Crippen LogP contribution in [0.2, 0.25) is 0 Å². The molecule has 3 aliphatic rings. The van der Waals surface area contributed by atoms with E-state index >= 15 is 0 Å². The number of ketones is 1. The van der Waals surface area contributed by atoms with E-state index in [0.29, 0.717) is 17.6 Å². The van der Waals surface area contributed by atoms with Gasteiger partial charge in [-0.05, 0) is 96.9 Å². The molecule has 0 radical (unpaired) electrons. The van der Waals surface area contributed by atoms with E-state index in [1.54, 1.807) is 0 Å². The van der Waals surface area contributed by atoms with Crippen LogP contribution in [0.5, 0.6) is 0 Å². The van der Waals surface area contributed by atoms with Gasteiger partial charge in [0.1, 0.15) is 5.78 Å². The molecule has 0 bridgehead atoms. The summed E-state index contributed by atoms with van der Waals surface area (Å²) in [7, 11) is 0. The average Bonchev–Trinajstić information content (AvgIpc) is 2.62. The van der Waals surface area contributed by atoms with E-state index in [1.807, 2.05) is 0 Å². The molecule has 0 saturated heterocycles. The number of hydrogen-bond donors (Lipinski definition) is 0. The molecule has 4 rings (SSSR count).